The minimum absolute atomic E-state index is 0.0666. The number of pyridine rings is 1. The molecule has 3 N–H and O–H groups in total. The molecule has 3 heterocycles. The van der Waals surface area contributed by atoms with E-state index in [1.54, 1.807) is 31.4 Å². The summed E-state index contributed by atoms with van der Waals surface area (Å²) in [5, 5.41) is 11.1. The molecule has 0 aromatic carbocycles. The first-order valence-electron chi connectivity index (χ1n) is 12.0. The average molecular weight is 474 g/mol. The number of hydrogen-bond donors (Lipinski definition) is 2. The Bertz CT molecular complexity index is 1140. The minimum atomic E-state index is -1.90. The van der Waals surface area contributed by atoms with Crippen LogP contribution >= 0.6 is 0 Å². The lowest BCUT2D eigenvalue weighted by molar-refractivity contribution is -0.172. The Hall–Kier alpha value is -2.58. The average Bonchev–Trinajstić information content (AvgIpc) is 3.17. The van der Waals surface area contributed by atoms with E-state index in [9.17, 15) is 19.1 Å². The molecule has 34 heavy (non-hydrogen) atoms. The quantitative estimate of drug-likeness (QED) is 0.586. The van der Waals surface area contributed by atoms with Crippen molar-refractivity contribution in [1.82, 2.24) is 4.57 Å². The van der Waals surface area contributed by atoms with Gasteiger partial charge in [-0.3, -0.25) is 9.79 Å². The number of rotatable bonds is 7. The lowest BCUT2D eigenvalue weighted by Gasteiger charge is -2.31. The lowest BCUT2D eigenvalue weighted by Crippen LogP contribution is -2.44. The summed E-state index contributed by atoms with van der Waals surface area (Å²) in [5.41, 5.74) is 8.08. The number of esters is 1. The number of halogens is 1. The van der Waals surface area contributed by atoms with Crippen LogP contribution in [0.1, 0.15) is 84.0 Å². The van der Waals surface area contributed by atoms with E-state index in [1.807, 2.05) is 6.92 Å². The van der Waals surface area contributed by atoms with Gasteiger partial charge in [-0.25, -0.2) is 9.18 Å². The second-order valence-corrected chi connectivity index (χ2v) is 9.38. The van der Waals surface area contributed by atoms with Crippen molar-refractivity contribution in [3.63, 3.8) is 0 Å². The smallest absolute Gasteiger partial charge is 0.343 e. The molecule has 0 fully saturated rings. The van der Waals surface area contributed by atoms with E-state index < -0.39 is 17.6 Å². The van der Waals surface area contributed by atoms with E-state index in [-0.39, 0.29) is 48.1 Å². The maximum atomic E-state index is 14.0. The molecule has 0 spiro atoms. The molecule has 0 unspecified atom stereocenters. The number of hydrogen-bond acceptors (Lipinski definition) is 6. The van der Waals surface area contributed by atoms with Crippen molar-refractivity contribution in [2.75, 3.05) is 0 Å². The van der Waals surface area contributed by atoms with Gasteiger partial charge in [0.05, 0.1) is 35.4 Å². The number of unbranched alkanes of at least 4 members (excludes halogenated alkanes) is 1. The zero-order chi connectivity index (χ0) is 25.4. The van der Waals surface area contributed by atoms with Gasteiger partial charge in [0.2, 0.25) is 0 Å². The van der Waals surface area contributed by atoms with Crippen molar-refractivity contribution in [1.29, 1.82) is 0 Å². The van der Waals surface area contributed by atoms with Crippen molar-refractivity contribution in [3.8, 4) is 0 Å². The normalized spacial score (nSPS) is 24.9. The van der Waals surface area contributed by atoms with Gasteiger partial charge in [-0.2, -0.15) is 0 Å². The summed E-state index contributed by atoms with van der Waals surface area (Å²) in [4.78, 5) is 30.7. The number of allylic oxidation sites excluding steroid dienone is 2. The molecule has 1 aromatic rings. The molecule has 0 saturated carbocycles. The van der Waals surface area contributed by atoms with Gasteiger partial charge in [0.25, 0.3) is 5.56 Å². The highest BCUT2D eigenvalue weighted by atomic mass is 19.1. The fraction of sp³-hybridized carbons (Fsp3) is 0.577. The summed E-state index contributed by atoms with van der Waals surface area (Å²) in [6, 6.07) is 1.00. The SMILES string of the molecule is CCCC[C@H](N)/C(C)=C1\Cn2c(cc3c(c2=O)COC(=O)[C@]3(O)CC)C1=N[C@H](C)C(C)=C(C)F. The molecular formula is C26H36FN3O4. The molecule has 0 saturated heterocycles. The van der Waals surface area contributed by atoms with Crippen LogP contribution in [0.4, 0.5) is 4.39 Å². The first-order valence-corrected chi connectivity index (χ1v) is 12.0. The Kier molecular flexibility index (Phi) is 7.62. The summed E-state index contributed by atoms with van der Waals surface area (Å²) in [6.45, 7) is 10.7. The molecule has 3 atom stereocenters. The number of carbonyl (C=O) groups is 1. The van der Waals surface area contributed by atoms with Crippen LogP contribution in [0.5, 0.6) is 0 Å². The van der Waals surface area contributed by atoms with Crippen LogP contribution < -0.4 is 11.3 Å². The first-order chi connectivity index (χ1) is 16.0. The molecule has 8 heteroatoms. The number of cyclic esters (lactones) is 1. The van der Waals surface area contributed by atoms with Gasteiger partial charge >= 0.3 is 5.97 Å². The largest absolute Gasteiger partial charge is 0.458 e. The van der Waals surface area contributed by atoms with Crippen LogP contribution in [0, 0.1) is 0 Å². The second kappa shape index (κ2) is 9.96. The van der Waals surface area contributed by atoms with Crippen LogP contribution in [0.25, 0.3) is 0 Å². The second-order valence-electron chi connectivity index (χ2n) is 9.38. The maximum absolute atomic E-state index is 14.0. The Labute approximate surface area is 200 Å². The number of aliphatic imine (C=N–C) groups is 1. The number of fused-ring (bicyclic) bond motifs is 2. The molecule has 0 amide bonds. The Morgan fingerprint density at radius 3 is 2.59 bits per heavy atom. The lowest BCUT2D eigenvalue weighted by atomic mass is 9.85. The van der Waals surface area contributed by atoms with Crippen molar-refractivity contribution in [3.05, 3.63) is 55.8 Å². The summed E-state index contributed by atoms with van der Waals surface area (Å²) in [7, 11) is 0. The van der Waals surface area contributed by atoms with E-state index in [0.717, 1.165) is 30.4 Å². The molecule has 3 rings (SSSR count). The highest BCUT2D eigenvalue weighted by Crippen LogP contribution is 2.36. The van der Waals surface area contributed by atoms with E-state index in [2.05, 4.69) is 6.92 Å². The predicted molar refractivity (Wildman–Crippen MR) is 130 cm³/mol. The Balaban J connectivity index is 2.28. The van der Waals surface area contributed by atoms with Gasteiger partial charge in [-0.05, 0) is 63.3 Å². The van der Waals surface area contributed by atoms with Crippen LogP contribution in [-0.4, -0.2) is 33.4 Å². The third-order valence-electron chi connectivity index (χ3n) is 7.28. The number of aromatic nitrogens is 1. The number of ether oxygens (including phenoxy) is 1. The van der Waals surface area contributed by atoms with E-state index in [1.165, 1.54) is 6.92 Å². The van der Waals surface area contributed by atoms with Crippen molar-refractivity contribution >= 4 is 11.7 Å². The van der Waals surface area contributed by atoms with Gasteiger partial charge in [0, 0.05) is 11.6 Å². The molecular weight excluding hydrogens is 437 g/mol. The van der Waals surface area contributed by atoms with Gasteiger partial charge < -0.3 is 20.1 Å². The molecule has 2 aliphatic heterocycles. The summed E-state index contributed by atoms with van der Waals surface area (Å²) < 4.78 is 20.7. The third-order valence-corrected chi connectivity index (χ3v) is 7.28. The molecule has 0 radical (unpaired) electrons. The van der Waals surface area contributed by atoms with Crippen LogP contribution in [0.15, 0.2) is 38.4 Å². The van der Waals surface area contributed by atoms with Crippen molar-refractivity contribution in [2.45, 2.75) is 98.1 Å². The highest BCUT2D eigenvalue weighted by Gasteiger charge is 2.45. The van der Waals surface area contributed by atoms with Gasteiger partial charge in [-0.1, -0.05) is 26.7 Å². The Morgan fingerprint density at radius 2 is 2.00 bits per heavy atom. The van der Waals surface area contributed by atoms with Crippen molar-refractivity contribution < 1.29 is 19.0 Å². The van der Waals surface area contributed by atoms with E-state index in [0.29, 0.717) is 17.0 Å². The predicted octanol–water partition coefficient (Wildman–Crippen LogP) is 3.79. The number of nitrogens with two attached hydrogens (primary N) is 1. The molecule has 1 aromatic heterocycles. The fourth-order valence-corrected chi connectivity index (χ4v) is 4.54. The molecule has 186 valence electrons. The summed E-state index contributed by atoms with van der Waals surface area (Å²) >= 11 is 0. The monoisotopic (exact) mass is 473 g/mol. The summed E-state index contributed by atoms with van der Waals surface area (Å²) in [5.74, 6) is -1.07. The molecule has 0 bridgehead atoms. The van der Waals surface area contributed by atoms with Gasteiger partial charge in [0.1, 0.15) is 6.61 Å². The molecule has 0 aliphatic carbocycles. The van der Waals surface area contributed by atoms with E-state index in [4.69, 9.17) is 15.5 Å². The number of aliphatic hydroxyl groups is 1. The minimum Gasteiger partial charge on any atom is -0.458 e. The standard InChI is InChI=1S/C26H36FN3O4/c1-7-9-10-21(28)15(4)18-12-30-22(23(18)29-17(6)14(3)16(5)27)11-20-19(24(30)31)13-34-25(32)26(20,33)8-2/h11,17,21,33H,7-10,12-13,28H2,1-6H3/b16-14?,18-15+,29-23?/t17-,21+,26+/m1/s1. The first kappa shape index (κ1) is 26.0. The van der Waals surface area contributed by atoms with Crippen molar-refractivity contribution in [2.24, 2.45) is 10.7 Å². The zero-order valence-corrected chi connectivity index (χ0v) is 21.0. The topological polar surface area (TPSA) is 107 Å². The number of nitrogens with zero attached hydrogens (tertiary/aromatic N) is 2. The van der Waals surface area contributed by atoms with E-state index >= 15 is 0 Å². The van der Waals surface area contributed by atoms with Gasteiger partial charge in [0.15, 0.2) is 5.60 Å². The summed E-state index contributed by atoms with van der Waals surface area (Å²) in [6.07, 6.45) is 2.86. The zero-order valence-electron chi connectivity index (χ0n) is 21.0. The van der Waals surface area contributed by atoms with Crippen LogP contribution in [0.3, 0.4) is 0 Å². The fourth-order valence-electron chi connectivity index (χ4n) is 4.54. The number of carbonyl (C=O) groups excluding carboxylic acids is 1. The third kappa shape index (κ3) is 4.41. The molecule has 7 nitrogen and oxygen atoms in total. The van der Waals surface area contributed by atoms with Crippen LogP contribution in [-0.2, 0) is 28.3 Å². The Morgan fingerprint density at radius 1 is 1.32 bits per heavy atom. The van der Waals surface area contributed by atoms with Gasteiger partial charge in [-0.15, -0.1) is 0 Å². The van der Waals surface area contributed by atoms with Crippen LogP contribution in [0.2, 0.25) is 0 Å². The highest BCUT2D eigenvalue weighted by molar-refractivity contribution is 6.14. The maximum Gasteiger partial charge on any atom is 0.343 e. The molecule has 2 aliphatic rings.